The number of hydrogen-bond acceptors (Lipinski definition) is 0. The molecule has 1 rings (SSSR count). The Morgan fingerprint density at radius 2 is 1.60 bits per heavy atom. The van der Waals surface area contributed by atoms with E-state index >= 15 is 0 Å². The molecule has 0 atom stereocenters. The number of allylic oxidation sites excluding steroid dienone is 4. The van der Waals surface area contributed by atoms with Crippen molar-refractivity contribution in [1.29, 1.82) is 0 Å². The van der Waals surface area contributed by atoms with Crippen LogP contribution in [0.25, 0.3) is 5.57 Å². The Morgan fingerprint density at radius 1 is 1.07 bits per heavy atom. The number of aryl methyl sites for hydroxylation is 1. The fourth-order valence-corrected chi connectivity index (χ4v) is 1.43. The summed E-state index contributed by atoms with van der Waals surface area (Å²) in [7, 11) is 0. The highest BCUT2D eigenvalue weighted by Gasteiger charge is 2.01. The van der Waals surface area contributed by atoms with Gasteiger partial charge in [-0.15, -0.1) is 0 Å². The standard InChI is InChI=1S/C15H18/c1-11(2)10-15(12(3)4)14-8-6-13(5)7-9-14/h6-10H,1,3H2,2,4-5H3/b15-10+. The molecule has 1 aromatic rings. The van der Waals surface area contributed by atoms with Crippen molar-refractivity contribution in [3.63, 3.8) is 0 Å². The lowest BCUT2D eigenvalue weighted by Crippen LogP contribution is -1.86. The van der Waals surface area contributed by atoms with Gasteiger partial charge in [-0.1, -0.05) is 60.2 Å². The Bertz CT molecular complexity index is 402. The third-order valence-corrected chi connectivity index (χ3v) is 2.21. The predicted octanol–water partition coefficient (Wildman–Crippen LogP) is 4.53. The van der Waals surface area contributed by atoms with Crippen LogP contribution < -0.4 is 0 Å². The number of benzene rings is 1. The predicted molar refractivity (Wildman–Crippen MR) is 68.8 cm³/mol. The van der Waals surface area contributed by atoms with E-state index in [0.717, 1.165) is 11.1 Å². The largest absolute Gasteiger partial charge is 0.0961 e. The van der Waals surface area contributed by atoms with Crippen molar-refractivity contribution in [3.8, 4) is 0 Å². The first-order valence-corrected chi connectivity index (χ1v) is 5.11. The molecule has 0 N–H and O–H groups in total. The zero-order chi connectivity index (χ0) is 11.4. The molecule has 0 unspecified atom stereocenters. The summed E-state index contributed by atoms with van der Waals surface area (Å²) in [6.07, 6.45) is 2.08. The molecule has 0 fully saturated rings. The molecule has 0 bridgehead atoms. The smallest absolute Gasteiger partial charge is 0.0158 e. The second kappa shape index (κ2) is 4.79. The van der Waals surface area contributed by atoms with Crippen molar-refractivity contribution in [2.45, 2.75) is 20.8 Å². The van der Waals surface area contributed by atoms with E-state index in [-0.39, 0.29) is 0 Å². The first-order chi connectivity index (χ1) is 7.00. The zero-order valence-corrected chi connectivity index (χ0v) is 9.80. The molecule has 0 heterocycles. The molecule has 1 aromatic carbocycles. The lowest BCUT2D eigenvalue weighted by Gasteiger charge is -2.08. The molecule has 0 saturated heterocycles. The Kier molecular flexibility index (Phi) is 3.68. The van der Waals surface area contributed by atoms with Gasteiger partial charge in [-0.3, -0.25) is 0 Å². The Balaban J connectivity index is 3.16. The molecule has 0 amide bonds. The summed E-state index contributed by atoms with van der Waals surface area (Å²) in [5.41, 5.74) is 5.77. The first-order valence-electron chi connectivity index (χ1n) is 5.11. The highest BCUT2D eigenvalue weighted by molar-refractivity contribution is 5.79. The molecule has 0 radical (unpaired) electrons. The van der Waals surface area contributed by atoms with E-state index in [2.05, 4.69) is 50.4 Å². The Hall–Kier alpha value is -1.56. The number of hydrogen-bond donors (Lipinski definition) is 0. The first kappa shape index (κ1) is 11.5. The Morgan fingerprint density at radius 3 is 2.00 bits per heavy atom. The van der Waals surface area contributed by atoms with E-state index in [9.17, 15) is 0 Å². The summed E-state index contributed by atoms with van der Waals surface area (Å²) < 4.78 is 0. The van der Waals surface area contributed by atoms with Crippen molar-refractivity contribution in [1.82, 2.24) is 0 Å². The molecule has 0 aliphatic heterocycles. The molecule has 0 spiro atoms. The van der Waals surface area contributed by atoms with Gasteiger partial charge in [0, 0.05) is 0 Å². The van der Waals surface area contributed by atoms with Gasteiger partial charge < -0.3 is 0 Å². The van der Waals surface area contributed by atoms with Crippen molar-refractivity contribution < 1.29 is 0 Å². The van der Waals surface area contributed by atoms with Crippen LogP contribution in [0.2, 0.25) is 0 Å². The van der Waals surface area contributed by atoms with E-state index in [1.54, 1.807) is 0 Å². The molecule has 0 nitrogen and oxygen atoms in total. The minimum Gasteiger partial charge on any atom is -0.0961 e. The maximum absolute atomic E-state index is 4.00. The quantitative estimate of drug-likeness (QED) is 0.626. The molecule has 0 aliphatic carbocycles. The van der Waals surface area contributed by atoms with E-state index in [1.807, 2.05) is 13.8 Å². The monoisotopic (exact) mass is 198 g/mol. The summed E-state index contributed by atoms with van der Waals surface area (Å²) in [4.78, 5) is 0. The van der Waals surface area contributed by atoms with Crippen molar-refractivity contribution in [2.75, 3.05) is 0 Å². The van der Waals surface area contributed by atoms with Crippen LogP contribution in [0.4, 0.5) is 0 Å². The minimum absolute atomic E-state index is 1.05. The third kappa shape index (κ3) is 3.25. The normalized spacial score (nSPS) is 11.3. The van der Waals surface area contributed by atoms with E-state index in [1.165, 1.54) is 16.7 Å². The van der Waals surface area contributed by atoms with Crippen LogP contribution in [0.15, 0.2) is 54.6 Å². The second-order valence-electron chi connectivity index (χ2n) is 4.05. The van der Waals surface area contributed by atoms with Gasteiger partial charge in [0.05, 0.1) is 0 Å². The zero-order valence-electron chi connectivity index (χ0n) is 9.80. The fraction of sp³-hybridized carbons (Fsp3) is 0.200. The maximum Gasteiger partial charge on any atom is -0.0158 e. The molecule has 15 heavy (non-hydrogen) atoms. The number of rotatable bonds is 3. The molecule has 0 aliphatic rings. The fourth-order valence-electron chi connectivity index (χ4n) is 1.43. The SMILES string of the molecule is C=C(C)/C=C(\C(=C)C)c1ccc(C)cc1. The van der Waals surface area contributed by atoms with Gasteiger partial charge in [-0.25, -0.2) is 0 Å². The summed E-state index contributed by atoms with van der Waals surface area (Å²) >= 11 is 0. The molecule has 0 saturated carbocycles. The second-order valence-corrected chi connectivity index (χ2v) is 4.05. The highest BCUT2D eigenvalue weighted by Crippen LogP contribution is 2.23. The van der Waals surface area contributed by atoms with Crippen LogP contribution in [0, 0.1) is 6.92 Å². The molecule has 78 valence electrons. The van der Waals surface area contributed by atoms with Gasteiger partial charge in [0.25, 0.3) is 0 Å². The minimum atomic E-state index is 1.05. The molecule has 0 aromatic heterocycles. The van der Waals surface area contributed by atoms with Gasteiger partial charge in [0.1, 0.15) is 0 Å². The molecule has 0 heteroatoms. The lowest BCUT2D eigenvalue weighted by molar-refractivity contribution is 1.43. The van der Waals surface area contributed by atoms with Gasteiger partial charge in [0.2, 0.25) is 0 Å². The maximum atomic E-state index is 4.00. The van der Waals surface area contributed by atoms with Gasteiger partial charge in [-0.05, 0) is 31.9 Å². The van der Waals surface area contributed by atoms with Crippen molar-refractivity contribution in [2.24, 2.45) is 0 Å². The van der Waals surface area contributed by atoms with Crippen LogP contribution >= 0.6 is 0 Å². The van der Waals surface area contributed by atoms with Crippen LogP contribution in [0.5, 0.6) is 0 Å². The summed E-state index contributed by atoms with van der Waals surface area (Å²) in [5.74, 6) is 0. The lowest BCUT2D eigenvalue weighted by atomic mass is 9.97. The average molecular weight is 198 g/mol. The summed E-state index contributed by atoms with van der Waals surface area (Å²) in [6, 6.07) is 8.48. The van der Waals surface area contributed by atoms with Crippen LogP contribution in [0.1, 0.15) is 25.0 Å². The van der Waals surface area contributed by atoms with Gasteiger partial charge >= 0.3 is 0 Å². The van der Waals surface area contributed by atoms with Gasteiger partial charge in [-0.2, -0.15) is 0 Å². The summed E-state index contributed by atoms with van der Waals surface area (Å²) in [6.45, 7) is 14.0. The van der Waals surface area contributed by atoms with E-state index < -0.39 is 0 Å². The van der Waals surface area contributed by atoms with Crippen LogP contribution in [-0.2, 0) is 0 Å². The van der Waals surface area contributed by atoms with Crippen molar-refractivity contribution in [3.05, 3.63) is 65.8 Å². The Labute approximate surface area is 92.6 Å². The average Bonchev–Trinajstić information content (AvgIpc) is 2.15. The molecular weight excluding hydrogens is 180 g/mol. The third-order valence-electron chi connectivity index (χ3n) is 2.21. The van der Waals surface area contributed by atoms with Crippen molar-refractivity contribution >= 4 is 5.57 Å². The van der Waals surface area contributed by atoms with Gasteiger partial charge in [0.15, 0.2) is 0 Å². The molecular formula is C15H18. The van der Waals surface area contributed by atoms with E-state index in [0.29, 0.717) is 0 Å². The van der Waals surface area contributed by atoms with Crippen LogP contribution in [0.3, 0.4) is 0 Å². The highest BCUT2D eigenvalue weighted by atomic mass is 14.1. The van der Waals surface area contributed by atoms with Crippen LogP contribution in [-0.4, -0.2) is 0 Å². The summed E-state index contributed by atoms with van der Waals surface area (Å²) in [5, 5.41) is 0. The van der Waals surface area contributed by atoms with E-state index in [4.69, 9.17) is 0 Å². The topological polar surface area (TPSA) is 0 Å².